The van der Waals surface area contributed by atoms with Crippen LogP contribution in [-0.2, 0) is 9.99 Å². The highest BCUT2D eigenvalue weighted by molar-refractivity contribution is 5.69. The van der Waals surface area contributed by atoms with Gasteiger partial charge in [-0.25, -0.2) is 0 Å². The van der Waals surface area contributed by atoms with Crippen LogP contribution in [0, 0.1) is 0 Å². The van der Waals surface area contributed by atoms with Crippen molar-refractivity contribution >= 4 is 6.29 Å². The lowest BCUT2D eigenvalue weighted by Gasteiger charge is -2.18. The van der Waals surface area contributed by atoms with Gasteiger partial charge in [-0.05, 0) is 18.4 Å². The molecule has 0 aromatic heterocycles. The highest BCUT2D eigenvalue weighted by atomic mass is 17.1. The lowest BCUT2D eigenvalue weighted by molar-refractivity contribution is -1.04. The van der Waals surface area contributed by atoms with Gasteiger partial charge in [-0.15, -0.1) is 0 Å². The fourth-order valence-electron chi connectivity index (χ4n) is 2.34. The number of rotatable bonds is 2. The van der Waals surface area contributed by atoms with Gasteiger partial charge in [0, 0.05) is 0 Å². The summed E-state index contributed by atoms with van der Waals surface area (Å²) < 4.78 is 4.01. The molecule has 0 bridgehead atoms. The zero-order valence-corrected chi connectivity index (χ0v) is 8.11. The Morgan fingerprint density at radius 3 is 2.36 bits per heavy atom. The van der Waals surface area contributed by atoms with Crippen molar-refractivity contribution in [1.29, 1.82) is 0 Å². The highest BCUT2D eigenvalue weighted by Gasteiger charge is 2.39. The molecule has 2 rings (SSSR count). The summed E-state index contributed by atoms with van der Waals surface area (Å²) in [6, 6.07) is 10.1. The van der Waals surface area contributed by atoms with E-state index in [0.717, 1.165) is 12.8 Å². The van der Waals surface area contributed by atoms with Gasteiger partial charge in [0.25, 0.3) is 0 Å². The minimum absolute atomic E-state index is 0.122. The monoisotopic (exact) mass is 190 g/mol. The first-order chi connectivity index (χ1) is 6.87. The van der Waals surface area contributed by atoms with Crippen molar-refractivity contribution in [2.45, 2.75) is 31.1 Å². The lowest BCUT2D eigenvalue weighted by atomic mass is 9.80. The SMILES string of the molecule is [O-][O+]=CC1(c2ccccc2)CCCC1. The summed E-state index contributed by atoms with van der Waals surface area (Å²) >= 11 is 0. The van der Waals surface area contributed by atoms with E-state index in [2.05, 4.69) is 16.7 Å². The van der Waals surface area contributed by atoms with Gasteiger partial charge in [0.1, 0.15) is 5.41 Å². The summed E-state index contributed by atoms with van der Waals surface area (Å²) in [6.45, 7) is 0. The molecule has 2 heteroatoms. The second-order valence-corrected chi connectivity index (χ2v) is 3.94. The molecule has 1 aromatic carbocycles. The third-order valence-electron chi connectivity index (χ3n) is 3.12. The van der Waals surface area contributed by atoms with Crippen LogP contribution in [0.5, 0.6) is 0 Å². The maximum absolute atomic E-state index is 10.3. The van der Waals surface area contributed by atoms with Crippen molar-refractivity contribution in [1.82, 2.24) is 0 Å². The Balaban J connectivity index is 2.36. The van der Waals surface area contributed by atoms with Crippen LogP contribution in [0.4, 0.5) is 0 Å². The predicted molar refractivity (Wildman–Crippen MR) is 52.7 cm³/mol. The fraction of sp³-hybridized carbons (Fsp3) is 0.417. The van der Waals surface area contributed by atoms with Crippen LogP contribution in [0.25, 0.3) is 0 Å². The molecule has 14 heavy (non-hydrogen) atoms. The molecule has 0 amide bonds. The van der Waals surface area contributed by atoms with Gasteiger partial charge in [0.05, 0.1) is 0 Å². The van der Waals surface area contributed by atoms with E-state index in [1.807, 2.05) is 18.2 Å². The van der Waals surface area contributed by atoms with Crippen molar-refractivity contribution < 1.29 is 9.83 Å². The van der Waals surface area contributed by atoms with E-state index >= 15 is 0 Å². The molecule has 0 unspecified atom stereocenters. The smallest absolute Gasteiger partial charge is 0.328 e. The van der Waals surface area contributed by atoms with Gasteiger partial charge >= 0.3 is 6.29 Å². The van der Waals surface area contributed by atoms with Gasteiger partial charge in [0.15, 0.2) is 0 Å². The van der Waals surface area contributed by atoms with Gasteiger partial charge in [-0.2, -0.15) is 4.58 Å². The Morgan fingerprint density at radius 1 is 1.14 bits per heavy atom. The average molecular weight is 190 g/mol. The molecule has 2 nitrogen and oxygen atoms in total. The second-order valence-electron chi connectivity index (χ2n) is 3.94. The summed E-state index contributed by atoms with van der Waals surface area (Å²) in [4.78, 5) is 0. The summed E-state index contributed by atoms with van der Waals surface area (Å²) in [5, 5.41) is 10.3. The molecule has 0 atom stereocenters. The van der Waals surface area contributed by atoms with Crippen LogP contribution < -0.4 is 5.26 Å². The summed E-state index contributed by atoms with van der Waals surface area (Å²) in [5.41, 5.74) is 1.08. The molecule has 1 saturated carbocycles. The van der Waals surface area contributed by atoms with E-state index in [1.54, 1.807) is 0 Å². The molecule has 1 fully saturated rings. The van der Waals surface area contributed by atoms with E-state index in [1.165, 1.54) is 24.7 Å². The number of carbonyl (C=O) groups excluding carboxylic acids is 1. The molecule has 74 valence electrons. The Morgan fingerprint density at radius 2 is 1.79 bits per heavy atom. The molecule has 0 aliphatic heterocycles. The first kappa shape index (κ1) is 9.25. The second kappa shape index (κ2) is 3.82. The van der Waals surface area contributed by atoms with Crippen molar-refractivity contribution in [3.05, 3.63) is 35.9 Å². The van der Waals surface area contributed by atoms with Crippen LogP contribution in [0.2, 0.25) is 0 Å². The molecule has 1 aromatic rings. The van der Waals surface area contributed by atoms with Crippen LogP contribution in [0.3, 0.4) is 0 Å². The van der Waals surface area contributed by atoms with Gasteiger partial charge in [-0.3, -0.25) is 0 Å². The van der Waals surface area contributed by atoms with Crippen molar-refractivity contribution in [3.8, 4) is 0 Å². The molecular formula is C12H14O2. The topological polar surface area (TPSA) is 34.4 Å². The molecule has 0 N–H and O–H groups in total. The van der Waals surface area contributed by atoms with Crippen molar-refractivity contribution in [2.75, 3.05) is 0 Å². The molecule has 1 aliphatic carbocycles. The van der Waals surface area contributed by atoms with Crippen molar-refractivity contribution in [2.24, 2.45) is 0 Å². The van der Waals surface area contributed by atoms with Gasteiger partial charge in [-0.1, -0.05) is 43.2 Å². The molecule has 1 aliphatic rings. The number of hydrogen-bond donors (Lipinski definition) is 0. The Hall–Kier alpha value is -1.31. The van der Waals surface area contributed by atoms with E-state index < -0.39 is 0 Å². The fourth-order valence-corrected chi connectivity index (χ4v) is 2.34. The Kier molecular flexibility index (Phi) is 2.53. The van der Waals surface area contributed by atoms with Crippen molar-refractivity contribution in [3.63, 3.8) is 0 Å². The average Bonchev–Trinajstić information content (AvgIpc) is 2.70. The quantitative estimate of drug-likeness (QED) is 0.301. The summed E-state index contributed by atoms with van der Waals surface area (Å²) in [6.07, 6.45) is 5.87. The third kappa shape index (κ3) is 1.52. The van der Waals surface area contributed by atoms with Crippen LogP contribution >= 0.6 is 0 Å². The van der Waals surface area contributed by atoms with E-state index in [4.69, 9.17) is 0 Å². The standard InChI is InChI=1S/C12H14O2/c13-14-10-12(8-4-5-9-12)11-6-2-1-3-7-11/h1-3,6-7,10H,4-5,8-9H2. The molecule has 0 radical (unpaired) electrons. The third-order valence-corrected chi connectivity index (χ3v) is 3.12. The number of aldehydes is 1. The highest BCUT2D eigenvalue weighted by Crippen LogP contribution is 2.39. The van der Waals surface area contributed by atoms with E-state index in [-0.39, 0.29) is 5.41 Å². The molecule has 0 saturated heterocycles. The van der Waals surface area contributed by atoms with Crippen LogP contribution in [0.15, 0.2) is 30.3 Å². The molecule has 0 spiro atoms. The zero-order chi connectivity index (χ0) is 9.86. The van der Waals surface area contributed by atoms with Crippen LogP contribution in [-0.4, -0.2) is 6.29 Å². The first-order valence-electron chi connectivity index (χ1n) is 5.06. The Labute approximate surface area is 83.8 Å². The van der Waals surface area contributed by atoms with Crippen LogP contribution in [0.1, 0.15) is 31.2 Å². The minimum atomic E-state index is -0.122. The predicted octanol–water partition coefficient (Wildman–Crippen LogP) is 1.51. The largest absolute Gasteiger partial charge is 0.463 e. The maximum Gasteiger partial charge on any atom is 0.328 e. The summed E-state index contributed by atoms with van der Waals surface area (Å²) in [7, 11) is 0. The van der Waals surface area contributed by atoms with Gasteiger partial charge < -0.3 is 5.26 Å². The Bertz CT molecular complexity index is 310. The minimum Gasteiger partial charge on any atom is -0.463 e. The lowest BCUT2D eigenvalue weighted by Crippen LogP contribution is -2.26. The molecular weight excluding hydrogens is 176 g/mol. The molecule has 0 heterocycles. The number of hydrogen-bond acceptors (Lipinski definition) is 1. The zero-order valence-electron chi connectivity index (χ0n) is 8.11. The number of benzene rings is 1. The first-order valence-corrected chi connectivity index (χ1v) is 5.06. The normalized spacial score (nSPS) is 20.3. The maximum atomic E-state index is 10.3. The van der Waals surface area contributed by atoms with Gasteiger partial charge in [0.2, 0.25) is 0 Å². The summed E-state index contributed by atoms with van der Waals surface area (Å²) in [5.74, 6) is 0. The van der Waals surface area contributed by atoms with E-state index in [9.17, 15) is 5.26 Å². The van der Waals surface area contributed by atoms with E-state index in [0.29, 0.717) is 0 Å².